The first-order valence-corrected chi connectivity index (χ1v) is 10.2. The highest BCUT2D eigenvalue weighted by atomic mass is 16.5. The van der Waals surface area contributed by atoms with E-state index in [0.717, 1.165) is 22.4 Å². The zero-order chi connectivity index (χ0) is 22.2. The van der Waals surface area contributed by atoms with Crippen molar-refractivity contribution >= 4 is 23.5 Å². The fraction of sp³-hybridized carbons (Fsp3) is 0.348. The molecule has 4 rings (SSSR count). The number of carbonyl (C=O) groups is 3. The molecule has 0 saturated carbocycles. The number of fused-ring (bicyclic) bond motifs is 1. The molecule has 2 aromatic carbocycles. The van der Waals surface area contributed by atoms with Crippen LogP contribution in [0.4, 0.5) is 10.5 Å². The molecule has 31 heavy (non-hydrogen) atoms. The van der Waals surface area contributed by atoms with E-state index in [9.17, 15) is 14.4 Å². The van der Waals surface area contributed by atoms with Gasteiger partial charge in [-0.2, -0.15) is 0 Å². The van der Waals surface area contributed by atoms with Crippen molar-refractivity contribution in [1.82, 2.24) is 10.2 Å². The Balaban J connectivity index is 1.52. The lowest BCUT2D eigenvalue weighted by molar-refractivity contribution is -0.133. The van der Waals surface area contributed by atoms with Gasteiger partial charge >= 0.3 is 6.03 Å². The number of imide groups is 1. The van der Waals surface area contributed by atoms with Gasteiger partial charge in [-0.05, 0) is 55.7 Å². The van der Waals surface area contributed by atoms with Gasteiger partial charge in [-0.25, -0.2) is 4.79 Å². The molecule has 2 aliphatic heterocycles. The third-order valence-corrected chi connectivity index (χ3v) is 5.57. The Labute approximate surface area is 180 Å². The average Bonchev–Trinajstić information content (AvgIpc) is 2.90. The van der Waals surface area contributed by atoms with Gasteiger partial charge in [-0.1, -0.05) is 18.2 Å². The topological polar surface area (TPSA) is 97.0 Å². The number of anilines is 1. The van der Waals surface area contributed by atoms with E-state index in [2.05, 4.69) is 10.6 Å². The van der Waals surface area contributed by atoms with Crippen molar-refractivity contribution in [3.63, 3.8) is 0 Å². The van der Waals surface area contributed by atoms with Gasteiger partial charge in [0.2, 0.25) is 5.91 Å². The fourth-order valence-electron chi connectivity index (χ4n) is 3.71. The summed E-state index contributed by atoms with van der Waals surface area (Å²) in [5.74, 6) is 0.194. The third kappa shape index (κ3) is 3.93. The van der Waals surface area contributed by atoms with Gasteiger partial charge in [0.1, 0.15) is 12.1 Å². The van der Waals surface area contributed by atoms with Gasteiger partial charge in [-0.3, -0.25) is 14.5 Å². The van der Waals surface area contributed by atoms with Gasteiger partial charge < -0.3 is 20.1 Å². The van der Waals surface area contributed by atoms with E-state index in [0.29, 0.717) is 36.0 Å². The van der Waals surface area contributed by atoms with Crippen LogP contribution in [0, 0.1) is 13.8 Å². The summed E-state index contributed by atoms with van der Waals surface area (Å²) in [6.07, 6.45) is 0.764. The lowest BCUT2D eigenvalue weighted by Gasteiger charge is -2.23. The molecule has 1 fully saturated rings. The van der Waals surface area contributed by atoms with Gasteiger partial charge in [0.05, 0.1) is 13.2 Å². The molecule has 0 aromatic heterocycles. The van der Waals surface area contributed by atoms with Crippen molar-refractivity contribution < 1.29 is 23.9 Å². The highest BCUT2D eigenvalue weighted by molar-refractivity contribution is 6.10. The van der Waals surface area contributed by atoms with E-state index in [4.69, 9.17) is 9.47 Å². The highest BCUT2D eigenvalue weighted by Gasteiger charge is 2.49. The van der Waals surface area contributed by atoms with Crippen molar-refractivity contribution in [3.8, 4) is 11.5 Å². The summed E-state index contributed by atoms with van der Waals surface area (Å²) < 4.78 is 11.3. The molecule has 1 saturated heterocycles. The summed E-state index contributed by atoms with van der Waals surface area (Å²) in [7, 11) is 0. The maximum atomic E-state index is 13.2. The summed E-state index contributed by atoms with van der Waals surface area (Å²) in [5.41, 5.74) is 1.81. The van der Waals surface area contributed by atoms with Crippen LogP contribution in [0.2, 0.25) is 0 Å². The molecule has 0 bridgehead atoms. The molecule has 8 heteroatoms. The number of urea groups is 1. The molecular formula is C23H25N3O5. The largest absolute Gasteiger partial charge is 0.490 e. The van der Waals surface area contributed by atoms with Gasteiger partial charge in [0.25, 0.3) is 5.91 Å². The number of nitrogens with zero attached hydrogens (tertiary/aromatic N) is 1. The smallest absolute Gasteiger partial charge is 0.325 e. The van der Waals surface area contributed by atoms with E-state index in [1.54, 1.807) is 25.1 Å². The maximum Gasteiger partial charge on any atom is 0.325 e. The number of nitrogens with one attached hydrogen (secondary N) is 2. The SMILES string of the molecule is Cc1ccc(C)c(NC(=O)CN2C(=O)N[C@](C)(c3ccc4c(c3)OCCCO4)C2=O)c1. The van der Waals surface area contributed by atoms with Crippen molar-refractivity contribution in [1.29, 1.82) is 0 Å². The molecule has 2 heterocycles. The van der Waals surface area contributed by atoms with Crippen LogP contribution >= 0.6 is 0 Å². The predicted molar refractivity (Wildman–Crippen MR) is 114 cm³/mol. The molecule has 0 aliphatic carbocycles. The first-order valence-electron chi connectivity index (χ1n) is 10.2. The number of hydrogen-bond acceptors (Lipinski definition) is 5. The van der Waals surface area contributed by atoms with Gasteiger partial charge in [-0.15, -0.1) is 0 Å². The summed E-state index contributed by atoms with van der Waals surface area (Å²) in [6.45, 7) is 6.12. The van der Waals surface area contributed by atoms with Gasteiger partial charge in [0.15, 0.2) is 11.5 Å². The lowest BCUT2D eigenvalue weighted by atomic mass is 9.91. The normalized spacial score (nSPS) is 20.3. The Hall–Kier alpha value is -3.55. The number of rotatable bonds is 4. The van der Waals surface area contributed by atoms with Crippen LogP contribution in [-0.2, 0) is 15.1 Å². The van der Waals surface area contributed by atoms with Crippen LogP contribution in [0.3, 0.4) is 0 Å². The molecule has 162 valence electrons. The third-order valence-electron chi connectivity index (χ3n) is 5.57. The minimum absolute atomic E-state index is 0.377. The van der Waals surface area contributed by atoms with Crippen LogP contribution in [-0.4, -0.2) is 42.5 Å². The number of carbonyl (C=O) groups excluding carboxylic acids is 3. The van der Waals surface area contributed by atoms with Crippen LogP contribution in [0.5, 0.6) is 11.5 Å². The zero-order valence-corrected chi connectivity index (χ0v) is 17.8. The van der Waals surface area contributed by atoms with E-state index >= 15 is 0 Å². The quantitative estimate of drug-likeness (QED) is 0.737. The van der Waals surface area contributed by atoms with Crippen LogP contribution in [0.1, 0.15) is 30.0 Å². The standard InChI is InChI=1S/C23H25N3O5/c1-14-5-6-15(2)17(11-14)24-20(27)13-26-21(28)23(3,25-22(26)29)16-7-8-18-19(12-16)31-10-4-9-30-18/h5-8,11-12H,4,9-10,13H2,1-3H3,(H,24,27)(H,25,29)/t23-/m1/s1. The second kappa shape index (κ2) is 7.94. The molecule has 4 amide bonds. The summed E-state index contributed by atoms with van der Waals surface area (Å²) in [5, 5.41) is 5.50. The molecule has 1 atom stereocenters. The van der Waals surface area contributed by atoms with Crippen molar-refractivity contribution in [2.45, 2.75) is 32.7 Å². The van der Waals surface area contributed by atoms with Crippen molar-refractivity contribution in [3.05, 3.63) is 53.1 Å². The Morgan fingerprint density at radius 3 is 2.61 bits per heavy atom. The Morgan fingerprint density at radius 1 is 1.10 bits per heavy atom. The van der Waals surface area contributed by atoms with E-state index in [1.807, 2.05) is 32.0 Å². The Bertz CT molecular complexity index is 1070. The van der Waals surface area contributed by atoms with Crippen LogP contribution in [0.25, 0.3) is 0 Å². The van der Waals surface area contributed by atoms with Crippen molar-refractivity contribution in [2.24, 2.45) is 0 Å². The molecule has 0 spiro atoms. The van der Waals surface area contributed by atoms with Crippen LogP contribution in [0.15, 0.2) is 36.4 Å². The monoisotopic (exact) mass is 423 g/mol. The van der Waals surface area contributed by atoms with Gasteiger partial charge in [0, 0.05) is 12.1 Å². The first-order chi connectivity index (χ1) is 14.8. The molecule has 2 aliphatic rings. The maximum absolute atomic E-state index is 13.2. The van der Waals surface area contributed by atoms with Crippen LogP contribution < -0.4 is 20.1 Å². The summed E-state index contributed by atoms with van der Waals surface area (Å²) in [4.78, 5) is 39.3. The van der Waals surface area contributed by atoms with Crippen molar-refractivity contribution in [2.75, 3.05) is 25.1 Å². The van der Waals surface area contributed by atoms with E-state index in [-0.39, 0.29) is 6.54 Å². The molecular weight excluding hydrogens is 398 g/mol. The highest BCUT2D eigenvalue weighted by Crippen LogP contribution is 2.36. The minimum atomic E-state index is -1.30. The predicted octanol–water partition coefficient (Wildman–Crippen LogP) is 2.87. The van der Waals surface area contributed by atoms with E-state index < -0.39 is 23.4 Å². The summed E-state index contributed by atoms with van der Waals surface area (Å²) >= 11 is 0. The molecule has 0 radical (unpaired) electrons. The second-order valence-corrected chi connectivity index (χ2v) is 8.02. The average molecular weight is 423 g/mol. The number of benzene rings is 2. The number of amides is 4. The minimum Gasteiger partial charge on any atom is -0.490 e. The number of hydrogen-bond donors (Lipinski definition) is 2. The second-order valence-electron chi connectivity index (χ2n) is 8.02. The number of ether oxygens (including phenoxy) is 2. The molecule has 0 unspecified atom stereocenters. The summed E-state index contributed by atoms with van der Waals surface area (Å²) in [6, 6.07) is 10.3. The zero-order valence-electron chi connectivity index (χ0n) is 17.8. The molecule has 2 aromatic rings. The molecule has 2 N–H and O–H groups in total. The Morgan fingerprint density at radius 2 is 1.84 bits per heavy atom. The lowest BCUT2D eigenvalue weighted by Crippen LogP contribution is -2.42. The number of aryl methyl sites for hydroxylation is 2. The first kappa shape index (κ1) is 20.7. The Kier molecular flexibility index (Phi) is 5.31. The fourth-order valence-corrected chi connectivity index (χ4v) is 3.71. The molecule has 8 nitrogen and oxygen atoms in total. The van der Waals surface area contributed by atoms with E-state index in [1.165, 1.54) is 0 Å².